The van der Waals surface area contributed by atoms with Crippen LogP contribution in [0.3, 0.4) is 0 Å². The molecule has 6 aromatic carbocycles. The molecule has 10 rings (SSSR count). The van der Waals surface area contributed by atoms with Crippen molar-refractivity contribution in [1.29, 1.82) is 0 Å². The number of hydrogen-bond acceptors (Lipinski definition) is 4. The molecule has 0 fully saturated rings. The summed E-state index contributed by atoms with van der Waals surface area (Å²) in [4.78, 5) is 5.26. The number of aromatic nitrogens is 1. The molecule has 4 nitrogen and oxygen atoms in total. The van der Waals surface area contributed by atoms with Crippen LogP contribution < -0.4 is 20.4 Å². The minimum atomic E-state index is -0.185. The Hall–Kier alpha value is -5.75. The molecule has 0 radical (unpaired) electrons. The highest BCUT2D eigenvalue weighted by atomic mass is 32.1. The molecule has 50 heavy (non-hydrogen) atoms. The summed E-state index contributed by atoms with van der Waals surface area (Å²) in [7, 11) is 0. The Kier molecular flexibility index (Phi) is 7.00. The van der Waals surface area contributed by atoms with Gasteiger partial charge in [0.25, 0.3) is 0 Å². The quantitative estimate of drug-likeness (QED) is 0.193. The highest BCUT2D eigenvalue weighted by molar-refractivity contribution is 7.18. The van der Waals surface area contributed by atoms with Crippen LogP contribution in [0, 0.1) is 0 Å². The Labute approximate surface area is 294 Å². The number of nitrogens with zero attached hydrogens (tertiary/aromatic N) is 2. The van der Waals surface area contributed by atoms with Gasteiger partial charge in [-0.05, 0) is 64.6 Å². The van der Waals surface area contributed by atoms with Gasteiger partial charge in [0.1, 0.15) is 18.2 Å². The molecule has 0 spiro atoms. The normalized spacial score (nSPS) is 17.2. The van der Waals surface area contributed by atoms with Gasteiger partial charge < -0.3 is 9.88 Å². The van der Waals surface area contributed by atoms with Gasteiger partial charge in [-0.15, -0.1) is 11.3 Å². The number of benzene rings is 6. The number of nitrogens with one attached hydrogen (secondary N) is 2. The minimum Gasteiger partial charge on any atom is -0.350 e. The molecule has 2 N–H and O–H groups in total. The Bertz CT molecular complexity index is 2710. The first-order chi connectivity index (χ1) is 24.8. The van der Waals surface area contributed by atoms with Crippen molar-refractivity contribution >= 4 is 61.2 Å². The lowest BCUT2D eigenvalue weighted by atomic mass is 10.0. The van der Waals surface area contributed by atoms with Gasteiger partial charge in [-0.2, -0.15) is 0 Å². The van der Waals surface area contributed by atoms with E-state index in [1.54, 1.807) is 0 Å². The van der Waals surface area contributed by atoms with Gasteiger partial charge in [-0.25, -0.2) is 4.99 Å². The number of rotatable bonds is 5. The van der Waals surface area contributed by atoms with E-state index in [0.29, 0.717) is 0 Å². The van der Waals surface area contributed by atoms with Crippen LogP contribution in [0.4, 0.5) is 0 Å². The standard InChI is InChI=1S/C45H34N4S/c1-4-13-29(14-5-1)32-23-26-39-38(28-32)36-24-25-37-35-21-10-11-22-40(35)50-42(37)41(36)49(39)34-20-12-19-33(27-34)45-47-43(30-15-6-2-7-16-30)46-44(48-45)31-17-8-3-9-18-31/h1-9,12-28,43-44,46H,10-11H2,(H,47,48). The summed E-state index contributed by atoms with van der Waals surface area (Å²) in [5.41, 5.74) is 9.41. The SMILES string of the molecule is C1=c2sc3c(ccc4c5cc(-c6ccccc6)ccc5n(-c5cccc(C6=NC(c7ccccc7)NC(c7ccccc7)N6)c5)c43)c2=CCC1. The number of fused-ring (bicyclic) bond motifs is 7. The molecule has 2 unspecified atom stereocenters. The van der Waals surface area contributed by atoms with Gasteiger partial charge in [0, 0.05) is 31.9 Å². The van der Waals surface area contributed by atoms with Crippen molar-refractivity contribution in [3.8, 4) is 16.8 Å². The highest BCUT2D eigenvalue weighted by Gasteiger charge is 2.26. The van der Waals surface area contributed by atoms with E-state index < -0.39 is 0 Å². The van der Waals surface area contributed by atoms with Crippen molar-refractivity contribution in [2.24, 2.45) is 4.99 Å². The van der Waals surface area contributed by atoms with Crippen LogP contribution in [0.2, 0.25) is 0 Å². The van der Waals surface area contributed by atoms with Crippen LogP contribution >= 0.6 is 11.3 Å². The van der Waals surface area contributed by atoms with E-state index in [1.807, 2.05) is 11.3 Å². The third-order valence-corrected chi connectivity index (χ3v) is 11.3. The molecule has 240 valence electrons. The molecule has 3 heterocycles. The fraction of sp³-hybridized carbons (Fsp3) is 0.0889. The third kappa shape index (κ3) is 4.89. The van der Waals surface area contributed by atoms with Gasteiger partial charge in [0.2, 0.25) is 0 Å². The number of aliphatic imine (C=N–C) groups is 1. The fourth-order valence-corrected chi connectivity index (χ4v) is 9.00. The van der Waals surface area contributed by atoms with Crippen LogP contribution in [0.15, 0.2) is 151 Å². The van der Waals surface area contributed by atoms with Crippen LogP contribution in [0.1, 0.15) is 41.9 Å². The zero-order chi connectivity index (χ0) is 33.0. The molecule has 1 aliphatic heterocycles. The summed E-state index contributed by atoms with van der Waals surface area (Å²) >= 11 is 1.93. The van der Waals surface area contributed by atoms with Gasteiger partial charge in [-0.3, -0.25) is 5.32 Å². The molecule has 0 saturated carbocycles. The van der Waals surface area contributed by atoms with Crippen molar-refractivity contribution in [3.63, 3.8) is 0 Å². The maximum Gasteiger partial charge on any atom is 0.131 e. The molecular formula is C45H34N4S. The summed E-state index contributed by atoms with van der Waals surface area (Å²) in [6.45, 7) is 0. The van der Waals surface area contributed by atoms with Gasteiger partial charge in [0.05, 0.1) is 15.7 Å². The maximum absolute atomic E-state index is 5.26. The molecular weight excluding hydrogens is 629 g/mol. The Balaban J connectivity index is 1.19. The average molecular weight is 663 g/mol. The lowest BCUT2D eigenvalue weighted by Gasteiger charge is -2.32. The summed E-state index contributed by atoms with van der Waals surface area (Å²) < 4.78 is 5.22. The second-order valence-electron chi connectivity index (χ2n) is 13.1. The maximum atomic E-state index is 5.26. The molecule has 0 saturated heterocycles. The van der Waals surface area contributed by atoms with Crippen molar-refractivity contribution in [1.82, 2.24) is 15.2 Å². The lowest BCUT2D eigenvalue weighted by Crippen LogP contribution is -2.44. The molecule has 1 aliphatic carbocycles. The summed E-state index contributed by atoms with van der Waals surface area (Å²) in [6, 6.07) is 52.3. The fourth-order valence-electron chi connectivity index (χ4n) is 7.69. The van der Waals surface area contributed by atoms with E-state index in [2.05, 4.69) is 173 Å². The zero-order valence-corrected chi connectivity index (χ0v) is 28.2. The van der Waals surface area contributed by atoms with Gasteiger partial charge in [0.15, 0.2) is 0 Å². The van der Waals surface area contributed by atoms with Crippen molar-refractivity contribution in [2.45, 2.75) is 25.2 Å². The zero-order valence-electron chi connectivity index (χ0n) is 27.4. The summed E-state index contributed by atoms with van der Waals surface area (Å²) in [6.07, 6.45) is 6.77. The van der Waals surface area contributed by atoms with E-state index in [1.165, 1.54) is 58.3 Å². The van der Waals surface area contributed by atoms with Gasteiger partial charge >= 0.3 is 0 Å². The Morgan fingerprint density at radius 2 is 1.32 bits per heavy atom. The molecule has 0 bridgehead atoms. The van der Waals surface area contributed by atoms with E-state index in [4.69, 9.17) is 4.99 Å². The van der Waals surface area contributed by atoms with E-state index >= 15 is 0 Å². The largest absolute Gasteiger partial charge is 0.350 e. The van der Waals surface area contributed by atoms with Crippen molar-refractivity contribution < 1.29 is 0 Å². The third-order valence-electron chi connectivity index (χ3n) is 10.1. The highest BCUT2D eigenvalue weighted by Crippen LogP contribution is 2.39. The second-order valence-corrected chi connectivity index (χ2v) is 14.2. The van der Waals surface area contributed by atoms with Crippen molar-refractivity contribution in [3.05, 3.63) is 172 Å². The number of thiophene rings is 1. The molecule has 2 aliphatic rings. The molecule has 2 atom stereocenters. The topological polar surface area (TPSA) is 41.4 Å². The van der Waals surface area contributed by atoms with Gasteiger partial charge in [-0.1, -0.05) is 133 Å². The Morgan fingerprint density at radius 1 is 0.600 bits per heavy atom. The predicted molar refractivity (Wildman–Crippen MR) is 210 cm³/mol. The molecule has 0 amide bonds. The van der Waals surface area contributed by atoms with Crippen LogP contribution in [-0.2, 0) is 0 Å². The number of amidine groups is 1. The number of hydrogen-bond donors (Lipinski definition) is 2. The van der Waals surface area contributed by atoms with Crippen molar-refractivity contribution in [2.75, 3.05) is 0 Å². The van der Waals surface area contributed by atoms with E-state index in [0.717, 1.165) is 35.5 Å². The molecule has 5 heteroatoms. The first-order valence-corrected chi connectivity index (χ1v) is 18.2. The molecule has 8 aromatic rings. The monoisotopic (exact) mass is 662 g/mol. The smallest absolute Gasteiger partial charge is 0.131 e. The first-order valence-electron chi connectivity index (χ1n) is 17.4. The Morgan fingerprint density at radius 3 is 2.14 bits per heavy atom. The minimum absolute atomic E-state index is 0.0910. The summed E-state index contributed by atoms with van der Waals surface area (Å²) in [5, 5.41) is 12.7. The average Bonchev–Trinajstić information content (AvgIpc) is 3.74. The van der Waals surface area contributed by atoms with Crippen LogP contribution in [0.25, 0.3) is 60.9 Å². The van der Waals surface area contributed by atoms with Crippen LogP contribution in [0.5, 0.6) is 0 Å². The lowest BCUT2D eigenvalue weighted by molar-refractivity contribution is 0.409. The van der Waals surface area contributed by atoms with E-state index in [9.17, 15) is 0 Å². The first kappa shape index (κ1) is 29.2. The second kappa shape index (κ2) is 12.0. The predicted octanol–water partition coefficient (Wildman–Crippen LogP) is 9.36. The molecule has 2 aromatic heterocycles. The summed E-state index contributed by atoms with van der Waals surface area (Å²) in [5.74, 6) is 0.876. The van der Waals surface area contributed by atoms with Crippen LogP contribution in [-0.4, -0.2) is 10.4 Å². The van der Waals surface area contributed by atoms with E-state index in [-0.39, 0.29) is 12.3 Å².